The molecular formula is C58H32O2. The van der Waals surface area contributed by atoms with Crippen LogP contribution in [-0.4, -0.2) is 0 Å². The summed E-state index contributed by atoms with van der Waals surface area (Å²) in [5.74, 6) is 0. The molecule has 0 atom stereocenters. The molecule has 2 aromatic heterocycles. The highest BCUT2D eigenvalue weighted by Gasteiger charge is 2.18. The van der Waals surface area contributed by atoms with E-state index in [1.807, 2.05) is 0 Å². The highest BCUT2D eigenvalue weighted by Crippen LogP contribution is 2.46. The third-order valence-corrected chi connectivity index (χ3v) is 13.1. The standard InChI is InChI=1S/C58H32O2/c1-3-11-35-31-55-51(27-33(35)9-1)49-29-39(19-23-53(49)59-55)37-17-21-45-47(25-37)41-13-5-7-15-43(41)57-44-16-8-6-14-42(44)48-26-38(18-22-46(48)58(45)57)40-20-24-54-50(30-40)52-28-34-10-2-4-12-36(34)32-56(52)60-54/h1-32H. The summed E-state index contributed by atoms with van der Waals surface area (Å²) in [4.78, 5) is 0. The zero-order valence-electron chi connectivity index (χ0n) is 32.3. The van der Waals surface area contributed by atoms with E-state index in [1.165, 1.54) is 97.7 Å². The quantitative estimate of drug-likeness (QED) is 0.164. The molecule has 0 bridgehead atoms. The summed E-state index contributed by atoms with van der Waals surface area (Å²) in [5, 5.41) is 22.1. The largest absolute Gasteiger partial charge is 0.456 e. The zero-order valence-corrected chi connectivity index (χ0v) is 32.3. The van der Waals surface area contributed by atoms with Crippen molar-refractivity contribution in [1.29, 1.82) is 0 Å². The van der Waals surface area contributed by atoms with E-state index in [9.17, 15) is 0 Å². The summed E-state index contributed by atoms with van der Waals surface area (Å²) in [7, 11) is 0. The third kappa shape index (κ3) is 4.48. The molecule has 0 amide bonds. The van der Waals surface area contributed by atoms with E-state index < -0.39 is 0 Å². The van der Waals surface area contributed by atoms with Gasteiger partial charge in [-0.15, -0.1) is 0 Å². The molecule has 0 radical (unpaired) electrons. The molecular weight excluding hydrogens is 729 g/mol. The lowest BCUT2D eigenvalue weighted by atomic mass is 9.85. The summed E-state index contributed by atoms with van der Waals surface area (Å²) in [6.07, 6.45) is 0. The molecule has 14 rings (SSSR count). The molecule has 60 heavy (non-hydrogen) atoms. The fraction of sp³-hybridized carbons (Fsp3) is 0. The Morgan fingerprint density at radius 1 is 0.200 bits per heavy atom. The summed E-state index contributed by atoms with van der Waals surface area (Å²) < 4.78 is 12.8. The fourth-order valence-corrected chi connectivity index (χ4v) is 10.3. The lowest BCUT2D eigenvalue weighted by molar-refractivity contribution is 0.669. The van der Waals surface area contributed by atoms with Gasteiger partial charge < -0.3 is 8.83 Å². The highest BCUT2D eigenvalue weighted by molar-refractivity contribution is 6.39. The average molecular weight is 761 g/mol. The van der Waals surface area contributed by atoms with Crippen molar-refractivity contribution >= 4 is 119 Å². The van der Waals surface area contributed by atoms with Crippen LogP contribution in [0.25, 0.3) is 142 Å². The minimum Gasteiger partial charge on any atom is -0.456 e. The van der Waals surface area contributed by atoms with Crippen LogP contribution in [-0.2, 0) is 0 Å². The molecule has 2 heteroatoms. The molecule has 12 aromatic carbocycles. The molecule has 14 aromatic rings. The van der Waals surface area contributed by atoms with E-state index in [-0.39, 0.29) is 0 Å². The molecule has 0 spiro atoms. The molecule has 0 aliphatic heterocycles. The van der Waals surface area contributed by atoms with Crippen LogP contribution >= 0.6 is 0 Å². The summed E-state index contributed by atoms with van der Waals surface area (Å²) in [6.45, 7) is 0. The van der Waals surface area contributed by atoms with Crippen LogP contribution in [0.3, 0.4) is 0 Å². The molecule has 0 saturated heterocycles. The smallest absolute Gasteiger partial charge is 0.136 e. The summed E-state index contributed by atoms with van der Waals surface area (Å²) >= 11 is 0. The van der Waals surface area contributed by atoms with Crippen LogP contribution in [0.4, 0.5) is 0 Å². The van der Waals surface area contributed by atoms with Gasteiger partial charge >= 0.3 is 0 Å². The molecule has 0 aliphatic carbocycles. The third-order valence-electron chi connectivity index (χ3n) is 13.1. The van der Waals surface area contributed by atoms with Gasteiger partial charge in [0.05, 0.1) is 0 Å². The van der Waals surface area contributed by atoms with Crippen LogP contribution in [0, 0.1) is 0 Å². The Hall–Kier alpha value is -7.94. The van der Waals surface area contributed by atoms with Crippen molar-refractivity contribution in [3.8, 4) is 22.3 Å². The average Bonchev–Trinajstić information content (AvgIpc) is 3.85. The Morgan fingerprint density at radius 3 is 0.950 bits per heavy atom. The van der Waals surface area contributed by atoms with E-state index in [1.54, 1.807) is 0 Å². The number of hydrogen-bond acceptors (Lipinski definition) is 2. The maximum Gasteiger partial charge on any atom is 0.136 e. The highest BCUT2D eigenvalue weighted by atomic mass is 16.3. The second kappa shape index (κ2) is 11.8. The van der Waals surface area contributed by atoms with Gasteiger partial charge in [0.25, 0.3) is 0 Å². The van der Waals surface area contributed by atoms with Crippen molar-refractivity contribution < 1.29 is 8.83 Å². The first kappa shape index (κ1) is 32.1. The molecule has 2 heterocycles. The Morgan fingerprint density at radius 2 is 0.517 bits per heavy atom. The van der Waals surface area contributed by atoms with E-state index >= 15 is 0 Å². The van der Waals surface area contributed by atoms with Gasteiger partial charge in [0, 0.05) is 21.5 Å². The van der Waals surface area contributed by atoms with Crippen LogP contribution in [0.1, 0.15) is 0 Å². The maximum atomic E-state index is 6.38. The van der Waals surface area contributed by atoms with Gasteiger partial charge in [0.2, 0.25) is 0 Å². The second-order valence-electron chi connectivity index (χ2n) is 16.4. The number of rotatable bonds is 2. The molecule has 0 saturated carbocycles. The van der Waals surface area contributed by atoms with Crippen LogP contribution in [0.15, 0.2) is 203 Å². The number of hydrogen-bond donors (Lipinski definition) is 0. The maximum absolute atomic E-state index is 6.38. The van der Waals surface area contributed by atoms with Crippen molar-refractivity contribution in [2.24, 2.45) is 0 Å². The molecule has 2 nitrogen and oxygen atoms in total. The molecule has 0 fully saturated rings. The van der Waals surface area contributed by atoms with E-state index in [2.05, 4.69) is 194 Å². The normalized spacial score (nSPS) is 12.3. The Labute approximate surface area is 343 Å². The lowest BCUT2D eigenvalue weighted by Crippen LogP contribution is -1.90. The lowest BCUT2D eigenvalue weighted by Gasteiger charge is -2.18. The van der Waals surface area contributed by atoms with Gasteiger partial charge in [-0.1, -0.05) is 133 Å². The first-order valence-electron chi connectivity index (χ1n) is 20.6. The number of benzene rings is 12. The zero-order chi connectivity index (χ0) is 39.1. The SMILES string of the molecule is c1ccc2cc3c(cc2c1)oc1ccc(-c2ccc4c(c2)c2ccccc2c2c5ccccc5c5cc(-c6ccc7oc8cc9ccccc9cc8c7c6)ccc5c42)cc13. The predicted molar refractivity (Wildman–Crippen MR) is 254 cm³/mol. The van der Waals surface area contributed by atoms with Crippen molar-refractivity contribution in [2.45, 2.75) is 0 Å². The van der Waals surface area contributed by atoms with Crippen LogP contribution in [0.2, 0.25) is 0 Å². The van der Waals surface area contributed by atoms with Crippen molar-refractivity contribution in [3.05, 3.63) is 194 Å². The Kier molecular flexibility index (Phi) is 6.32. The molecule has 0 N–H and O–H groups in total. The fourth-order valence-electron chi connectivity index (χ4n) is 10.3. The minimum absolute atomic E-state index is 0.908. The Balaban J connectivity index is 0.996. The minimum atomic E-state index is 0.908. The first-order chi connectivity index (χ1) is 29.7. The van der Waals surface area contributed by atoms with Gasteiger partial charge in [-0.3, -0.25) is 0 Å². The predicted octanol–water partition coefficient (Wildman–Crippen LogP) is 16.9. The van der Waals surface area contributed by atoms with Gasteiger partial charge in [-0.2, -0.15) is 0 Å². The van der Waals surface area contributed by atoms with E-state index in [0.29, 0.717) is 0 Å². The van der Waals surface area contributed by atoms with E-state index in [4.69, 9.17) is 8.83 Å². The number of furan rings is 2. The van der Waals surface area contributed by atoms with Crippen molar-refractivity contribution in [2.75, 3.05) is 0 Å². The molecule has 0 unspecified atom stereocenters. The number of fused-ring (bicyclic) bond motifs is 19. The van der Waals surface area contributed by atoms with Crippen molar-refractivity contribution in [3.63, 3.8) is 0 Å². The Bertz CT molecular complexity index is 3910. The van der Waals surface area contributed by atoms with E-state index in [0.717, 1.165) is 43.9 Å². The summed E-state index contributed by atoms with van der Waals surface area (Å²) in [6, 6.07) is 71.1. The molecule has 276 valence electrons. The summed E-state index contributed by atoms with van der Waals surface area (Å²) in [5.41, 5.74) is 8.38. The van der Waals surface area contributed by atoms with Crippen LogP contribution < -0.4 is 0 Å². The van der Waals surface area contributed by atoms with Gasteiger partial charge in [0.1, 0.15) is 22.3 Å². The topological polar surface area (TPSA) is 26.3 Å². The molecule has 0 aliphatic rings. The monoisotopic (exact) mass is 760 g/mol. The van der Waals surface area contributed by atoms with Crippen LogP contribution in [0.5, 0.6) is 0 Å². The van der Waals surface area contributed by atoms with Gasteiger partial charge in [0.15, 0.2) is 0 Å². The second-order valence-corrected chi connectivity index (χ2v) is 16.4. The first-order valence-corrected chi connectivity index (χ1v) is 20.6. The van der Waals surface area contributed by atoms with Gasteiger partial charge in [-0.05, 0) is 158 Å². The van der Waals surface area contributed by atoms with Crippen molar-refractivity contribution in [1.82, 2.24) is 0 Å². The van der Waals surface area contributed by atoms with Gasteiger partial charge in [-0.25, -0.2) is 0 Å².